The first-order valence-corrected chi connectivity index (χ1v) is 6.84. The van der Waals surface area contributed by atoms with Gasteiger partial charge in [0.1, 0.15) is 5.82 Å². The van der Waals surface area contributed by atoms with Crippen LogP contribution < -0.4 is 5.73 Å². The summed E-state index contributed by atoms with van der Waals surface area (Å²) in [4.78, 5) is 13.8. The van der Waals surface area contributed by atoms with Crippen molar-refractivity contribution < 1.29 is 13.9 Å². The Balaban J connectivity index is 2.36. The summed E-state index contributed by atoms with van der Waals surface area (Å²) in [7, 11) is 1.58. The minimum atomic E-state index is -0.411. The second-order valence-electron chi connectivity index (χ2n) is 5.25. The molecule has 5 heteroatoms. The molecular weight excluding hydrogens is 259 g/mol. The van der Waals surface area contributed by atoms with Crippen molar-refractivity contribution in [3.63, 3.8) is 0 Å². The Morgan fingerprint density at radius 1 is 1.50 bits per heavy atom. The second-order valence-corrected chi connectivity index (χ2v) is 5.25. The van der Waals surface area contributed by atoms with E-state index in [9.17, 15) is 9.18 Å². The summed E-state index contributed by atoms with van der Waals surface area (Å²) in [5, 5.41) is 0. The standard InChI is InChI=1S/C15H21FN2O2/c1-10-3-4-12(16)11(9-10)15-13(17)5-6-14(19)18(15)7-8-20-2/h3-4,9,13,15H,5-8,17H2,1-2H3. The molecule has 1 aromatic carbocycles. The zero-order valence-corrected chi connectivity index (χ0v) is 11.9. The normalized spacial score (nSPS) is 23.2. The van der Waals surface area contributed by atoms with Crippen LogP contribution in [0.5, 0.6) is 0 Å². The molecule has 2 rings (SSSR count). The largest absolute Gasteiger partial charge is 0.383 e. The molecule has 2 unspecified atom stereocenters. The first-order valence-electron chi connectivity index (χ1n) is 6.84. The smallest absolute Gasteiger partial charge is 0.223 e. The second kappa shape index (κ2) is 6.33. The van der Waals surface area contributed by atoms with E-state index < -0.39 is 6.04 Å². The molecule has 1 aliphatic rings. The maximum Gasteiger partial charge on any atom is 0.223 e. The highest BCUT2D eigenvalue weighted by atomic mass is 19.1. The zero-order valence-electron chi connectivity index (χ0n) is 11.9. The number of hydrogen-bond acceptors (Lipinski definition) is 3. The third-order valence-electron chi connectivity index (χ3n) is 3.76. The van der Waals surface area contributed by atoms with E-state index >= 15 is 0 Å². The minimum Gasteiger partial charge on any atom is -0.383 e. The number of hydrogen-bond donors (Lipinski definition) is 1. The van der Waals surface area contributed by atoms with Gasteiger partial charge in [0.15, 0.2) is 0 Å². The number of carbonyl (C=O) groups is 1. The van der Waals surface area contributed by atoms with Gasteiger partial charge in [0.05, 0.1) is 12.6 Å². The Morgan fingerprint density at radius 2 is 2.25 bits per heavy atom. The number of carbonyl (C=O) groups excluding carboxylic acids is 1. The van der Waals surface area contributed by atoms with Crippen LogP contribution in [-0.4, -0.2) is 37.1 Å². The highest BCUT2D eigenvalue weighted by Gasteiger charge is 2.36. The number of benzene rings is 1. The van der Waals surface area contributed by atoms with E-state index in [0.29, 0.717) is 31.6 Å². The zero-order chi connectivity index (χ0) is 14.7. The molecule has 0 radical (unpaired) electrons. The fraction of sp³-hybridized carbons (Fsp3) is 0.533. The molecule has 4 nitrogen and oxygen atoms in total. The lowest BCUT2D eigenvalue weighted by atomic mass is 9.89. The average molecular weight is 280 g/mol. The van der Waals surface area contributed by atoms with Crippen molar-refractivity contribution >= 4 is 5.91 Å². The van der Waals surface area contributed by atoms with Crippen LogP contribution in [0.4, 0.5) is 4.39 Å². The Kier molecular flexibility index (Phi) is 4.73. The van der Waals surface area contributed by atoms with Crippen molar-refractivity contribution in [2.45, 2.75) is 31.8 Å². The van der Waals surface area contributed by atoms with Gasteiger partial charge in [-0.2, -0.15) is 0 Å². The molecule has 20 heavy (non-hydrogen) atoms. The molecule has 0 aliphatic carbocycles. The topological polar surface area (TPSA) is 55.6 Å². The van der Waals surface area contributed by atoms with E-state index in [2.05, 4.69) is 0 Å². The molecule has 0 spiro atoms. The number of ether oxygens (including phenoxy) is 1. The number of amides is 1. The van der Waals surface area contributed by atoms with Crippen molar-refractivity contribution in [1.82, 2.24) is 4.90 Å². The molecule has 1 saturated heterocycles. The maximum atomic E-state index is 14.1. The van der Waals surface area contributed by atoms with Crippen molar-refractivity contribution in [2.24, 2.45) is 5.73 Å². The quantitative estimate of drug-likeness (QED) is 0.914. The Morgan fingerprint density at radius 3 is 2.95 bits per heavy atom. The summed E-state index contributed by atoms with van der Waals surface area (Å²) in [6, 6.07) is 4.27. The first kappa shape index (κ1) is 14.9. The van der Waals surface area contributed by atoms with Gasteiger partial charge in [0, 0.05) is 31.7 Å². The van der Waals surface area contributed by atoms with Gasteiger partial charge >= 0.3 is 0 Å². The first-order chi connectivity index (χ1) is 9.54. The maximum absolute atomic E-state index is 14.1. The molecule has 1 heterocycles. The third-order valence-corrected chi connectivity index (χ3v) is 3.76. The Bertz CT molecular complexity index is 493. The summed E-state index contributed by atoms with van der Waals surface area (Å²) < 4.78 is 19.2. The lowest BCUT2D eigenvalue weighted by molar-refractivity contribution is -0.138. The van der Waals surface area contributed by atoms with Crippen LogP contribution in [-0.2, 0) is 9.53 Å². The summed E-state index contributed by atoms with van der Waals surface area (Å²) in [5.41, 5.74) is 7.61. The van der Waals surface area contributed by atoms with E-state index in [-0.39, 0.29) is 17.8 Å². The Hall–Kier alpha value is -1.46. The fourth-order valence-electron chi connectivity index (χ4n) is 2.72. The molecule has 0 aromatic heterocycles. The van der Waals surface area contributed by atoms with Gasteiger partial charge in [-0.05, 0) is 19.4 Å². The van der Waals surface area contributed by atoms with E-state index in [4.69, 9.17) is 10.5 Å². The van der Waals surface area contributed by atoms with E-state index in [1.165, 1.54) is 6.07 Å². The van der Waals surface area contributed by atoms with Crippen molar-refractivity contribution in [1.29, 1.82) is 0 Å². The number of aryl methyl sites for hydroxylation is 1. The van der Waals surface area contributed by atoms with Crippen molar-refractivity contribution in [3.8, 4) is 0 Å². The van der Waals surface area contributed by atoms with Gasteiger partial charge in [-0.15, -0.1) is 0 Å². The number of nitrogens with zero attached hydrogens (tertiary/aromatic N) is 1. The Labute approximate surface area is 118 Å². The number of methoxy groups -OCH3 is 1. The molecule has 0 saturated carbocycles. The fourth-order valence-corrected chi connectivity index (χ4v) is 2.72. The number of likely N-dealkylation sites (tertiary alicyclic amines) is 1. The highest BCUT2D eigenvalue weighted by Crippen LogP contribution is 2.32. The van der Waals surface area contributed by atoms with Gasteiger partial charge in [0.2, 0.25) is 5.91 Å². The molecule has 0 bridgehead atoms. The number of halogens is 1. The average Bonchev–Trinajstić information content (AvgIpc) is 2.42. The van der Waals surface area contributed by atoms with Crippen LogP contribution in [0.15, 0.2) is 18.2 Å². The molecule has 1 fully saturated rings. The predicted octanol–water partition coefficient (Wildman–Crippen LogP) is 1.77. The van der Waals surface area contributed by atoms with E-state index in [1.807, 2.05) is 6.92 Å². The lowest BCUT2D eigenvalue weighted by Gasteiger charge is -2.40. The lowest BCUT2D eigenvalue weighted by Crippen LogP contribution is -2.50. The summed E-state index contributed by atoms with van der Waals surface area (Å²) in [5.74, 6) is -0.303. The van der Waals surface area contributed by atoms with Gasteiger partial charge in [-0.3, -0.25) is 4.79 Å². The molecule has 1 amide bonds. The summed E-state index contributed by atoms with van der Waals surface area (Å²) >= 11 is 0. The number of piperidine rings is 1. The molecular formula is C15H21FN2O2. The van der Waals surface area contributed by atoms with Crippen LogP contribution in [0.1, 0.15) is 30.0 Å². The highest BCUT2D eigenvalue weighted by molar-refractivity contribution is 5.78. The van der Waals surface area contributed by atoms with Crippen LogP contribution in [0.2, 0.25) is 0 Å². The van der Waals surface area contributed by atoms with Gasteiger partial charge < -0.3 is 15.4 Å². The van der Waals surface area contributed by atoms with Crippen molar-refractivity contribution in [2.75, 3.05) is 20.3 Å². The van der Waals surface area contributed by atoms with Crippen LogP contribution in [0.25, 0.3) is 0 Å². The summed E-state index contributed by atoms with van der Waals surface area (Å²) in [6.07, 6.45) is 0.995. The predicted molar refractivity (Wildman–Crippen MR) is 74.7 cm³/mol. The SMILES string of the molecule is COCCN1C(=O)CCC(N)C1c1cc(C)ccc1F. The molecule has 2 N–H and O–H groups in total. The van der Waals surface area contributed by atoms with Crippen LogP contribution in [0, 0.1) is 12.7 Å². The number of rotatable bonds is 4. The molecule has 1 aliphatic heterocycles. The van der Waals surface area contributed by atoms with E-state index in [0.717, 1.165) is 5.56 Å². The summed E-state index contributed by atoms with van der Waals surface area (Å²) in [6.45, 7) is 2.75. The monoisotopic (exact) mass is 280 g/mol. The van der Waals surface area contributed by atoms with Gasteiger partial charge in [0.25, 0.3) is 0 Å². The van der Waals surface area contributed by atoms with Gasteiger partial charge in [-0.25, -0.2) is 4.39 Å². The molecule has 1 aromatic rings. The third kappa shape index (κ3) is 2.99. The molecule has 110 valence electrons. The van der Waals surface area contributed by atoms with Crippen molar-refractivity contribution in [3.05, 3.63) is 35.1 Å². The van der Waals surface area contributed by atoms with E-state index in [1.54, 1.807) is 24.1 Å². The number of nitrogens with two attached hydrogens (primary N) is 1. The molecule has 2 atom stereocenters. The van der Waals surface area contributed by atoms with Crippen LogP contribution in [0.3, 0.4) is 0 Å². The minimum absolute atomic E-state index is 0.00894. The van der Waals surface area contributed by atoms with Gasteiger partial charge in [-0.1, -0.05) is 17.7 Å². The van der Waals surface area contributed by atoms with Crippen LogP contribution >= 0.6 is 0 Å².